The predicted molar refractivity (Wildman–Crippen MR) is 166 cm³/mol. The maximum Gasteiger partial charge on any atom is 0.124 e. The Morgan fingerprint density at radius 3 is 1.17 bits per heavy atom. The summed E-state index contributed by atoms with van der Waals surface area (Å²) >= 11 is 0. The second-order valence-corrected chi connectivity index (χ2v) is 19.2. The Balaban J connectivity index is 1.15. The Bertz CT molecular complexity index is 1130. The lowest BCUT2D eigenvalue weighted by Gasteiger charge is -2.63. The van der Waals surface area contributed by atoms with Crippen molar-refractivity contribution >= 4 is 0 Å². The highest BCUT2D eigenvalue weighted by molar-refractivity contribution is 5.55. The van der Waals surface area contributed by atoms with Crippen molar-refractivity contribution in [1.29, 1.82) is 0 Å². The average Bonchev–Trinajstić information content (AvgIpc) is 3.76. The molecule has 12 bridgehead atoms. The van der Waals surface area contributed by atoms with Crippen molar-refractivity contribution in [1.82, 2.24) is 0 Å². The summed E-state index contributed by atoms with van der Waals surface area (Å²) in [5, 5.41) is 0. The van der Waals surface area contributed by atoms with E-state index in [4.69, 9.17) is 9.47 Å². The van der Waals surface area contributed by atoms with E-state index in [0.717, 1.165) is 59.9 Å². The number of hydrogen-bond donors (Lipinski definition) is 0. The monoisotopic (exact) mass is 566 g/mol. The zero-order valence-electron chi connectivity index (χ0n) is 26.3. The maximum atomic E-state index is 6.99. The molecule has 0 aromatic heterocycles. The lowest BCUT2D eigenvalue weighted by atomic mass is 9.41. The minimum absolute atomic E-state index is 0.170. The average molecular weight is 567 g/mol. The summed E-state index contributed by atoms with van der Waals surface area (Å²) in [7, 11) is 0. The van der Waals surface area contributed by atoms with Crippen LogP contribution in [-0.4, -0.2) is 18.8 Å². The SMILES string of the molecule is CC(Oc1cc(C23CC4CC(CC(C4)C2)C3)c(C23CC4CC(CC(C4)C2)C3)c(C23CC4CC(CC(C4)C2)C3)c1)C1CO1. The van der Waals surface area contributed by atoms with Gasteiger partial charge in [0, 0.05) is 0 Å². The van der Waals surface area contributed by atoms with Crippen molar-refractivity contribution in [3.05, 3.63) is 28.8 Å². The Morgan fingerprint density at radius 2 is 0.857 bits per heavy atom. The topological polar surface area (TPSA) is 21.8 Å². The van der Waals surface area contributed by atoms with Crippen molar-refractivity contribution in [3.8, 4) is 5.75 Å². The van der Waals surface area contributed by atoms with Gasteiger partial charge in [0.15, 0.2) is 0 Å². The summed E-state index contributed by atoms with van der Waals surface area (Å²) in [6, 6.07) is 5.45. The van der Waals surface area contributed by atoms with Crippen LogP contribution in [0.2, 0.25) is 0 Å². The van der Waals surface area contributed by atoms with Gasteiger partial charge in [-0.05, 0) is 221 Å². The van der Waals surface area contributed by atoms with Crippen LogP contribution in [0.15, 0.2) is 12.1 Å². The van der Waals surface area contributed by atoms with E-state index >= 15 is 0 Å². The van der Waals surface area contributed by atoms with Gasteiger partial charge >= 0.3 is 0 Å². The van der Waals surface area contributed by atoms with Gasteiger partial charge in [-0.2, -0.15) is 0 Å². The molecule has 0 radical (unpaired) electrons. The predicted octanol–water partition coefficient (Wildman–Crippen LogP) is 9.26. The third-order valence-electron chi connectivity index (χ3n) is 16.1. The molecule has 1 aromatic carbocycles. The van der Waals surface area contributed by atoms with Crippen LogP contribution in [-0.2, 0) is 21.0 Å². The van der Waals surface area contributed by atoms with E-state index in [9.17, 15) is 0 Å². The summed E-state index contributed by atoms with van der Waals surface area (Å²) in [6.45, 7) is 3.16. The van der Waals surface area contributed by atoms with Gasteiger partial charge in [-0.1, -0.05) is 0 Å². The molecule has 2 nitrogen and oxygen atoms in total. The molecular formula is C40H54O2. The zero-order chi connectivity index (χ0) is 27.4. The molecule has 1 aromatic rings. The molecule has 2 atom stereocenters. The molecule has 0 amide bonds. The first-order valence-electron chi connectivity index (χ1n) is 18.9. The summed E-state index contributed by atoms with van der Waals surface area (Å²) in [6.07, 6.45) is 27.9. The van der Waals surface area contributed by atoms with E-state index < -0.39 is 0 Å². The maximum absolute atomic E-state index is 6.99. The third kappa shape index (κ3) is 3.60. The number of benzene rings is 1. The molecule has 226 valence electrons. The molecule has 1 aliphatic heterocycles. The molecule has 42 heavy (non-hydrogen) atoms. The molecule has 13 fully saturated rings. The zero-order valence-corrected chi connectivity index (χ0v) is 26.3. The first kappa shape index (κ1) is 25.2. The smallest absolute Gasteiger partial charge is 0.124 e. The van der Waals surface area contributed by atoms with Crippen molar-refractivity contribution < 1.29 is 9.47 Å². The summed E-state index contributed by atoms with van der Waals surface area (Å²) in [4.78, 5) is 0. The van der Waals surface area contributed by atoms with Crippen molar-refractivity contribution in [2.45, 2.75) is 151 Å². The molecular weight excluding hydrogens is 512 g/mol. The van der Waals surface area contributed by atoms with Crippen molar-refractivity contribution in [2.75, 3.05) is 6.61 Å². The van der Waals surface area contributed by atoms with E-state index in [1.54, 1.807) is 57.8 Å². The standard InChI is InChI=1S/C40H54O2/c1-23(36-22-41-36)42-33-11-34(38-13-24-2-25(14-38)4-26(3-24)15-38)37(40-19-30-8-31(20-40)10-32(9-30)21-40)35(12-33)39-16-27-5-28(17-39)7-29(6-27)18-39/h11-12,23-32,36H,2-10,13-22H2,1H3. The largest absolute Gasteiger partial charge is 0.488 e. The van der Waals surface area contributed by atoms with E-state index in [2.05, 4.69) is 19.1 Å². The van der Waals surface area contributed by atoms with Crippen LogP contribution < -0.4 is 4.74 Å². The highest BCUT2D eigenvalue weighted by Gasteiger charge is 2.60. The second-order valence-electron chi connectivity index (χ2n) is 19.2. The highest BCUT2D eigenvalue weighted by Crippen LogP contribution is 2.69. The normalized spacial score (nSPS) is 54.5. The Morgan fingerprint density at radius 1 is 0.548 bits per heavy atom. The van der Waals surface area contributed by atoms with Gasteiger partial charge < -0.3 is 9.47 Å². The van der Waals surface area contributed by atoms with Crippen LogP contribution in [0, 0.1) is 53.3 Å². The van der Waals surface area contributed by atoms with Crippen LogP contribution >= 0.6 is 0 Å². The molecule has 2 heteroatoms. The van der Waals surface area contributed by atoms with Crippen LogP contribution in [0.3, 0.4) is 0 Å². The Kier molecular flexibility index (Phi) is 5.05. The van der Waals surface area contributed by atoms with Gasteiger partial charge in [0.25, 0.3) is 0 Å². The van der Waals surface area contributed by atoms with Crippen LogP contribution in [0.5, 0.6) is 5.75 Å². The van der Waals surface area contributed by atoms with Crippen LogP contribution in [0.4, 0.5) is 0 Å². The lowest BCUT2D eigenvalue weighted by molar-refractivity contribution is -0.0246. The molecule has 0 N–H and O–H groups in total. The lowest BCUT2D eigenvalue weighted by Crippen LogP contribution is -2.55. The van der Waals surface area contributed by atoms with Crippen molar-refractivity contribution in [2.24, 2.45) is 53.3 Å². The van der Waals surface area contributed by atoms with Crippen LogP contribution in [0.25, 0.3) is 0 Å². The van der Waals surface area contributed by atoms with Gasteiger partial charge in [-0.15, -0.1) is 0 Å². The fourth-order valence-corrected chi connectivity index (χ4v) is 16.0. The number of rotatable bonds is 6. The molecule has 1 saturated heterocycles. The van der Waals surface area contributed by atoms with Gasteiger partial charge in [0.1, 0.15) is 18.0 Å². The van der Waals surface area contributed by atoms with Gasteiger partial charge in [0.2, 0.25) is 0 Å². The highest BCUT2D eigenvalue weighted by atomic mass is 16.6. The second kappa shape index (κ2) is 8.41. The van der Waals surface area contributed by atoms with Gasteiger partial charge in [0.05, 0.1) is 6.61 Å². The molecule has 2 unspecified atom stereocenters. The van der Waals surface area contributed by atoms with Gasteiger partial charge in [-0.3, -0.25) is 0 Å². The van der Waals surface area contributed by atoms with E-state index in [1.165, 1.54) is 63.5 Å². The summed E-state index contributed by atoms with van der Waals surface area (Å²) in [5.74, 6) is 10.2. The number of ether oxygens (including phenoxy) is 2. The summed E-state index contributed by atoms with van der Waals surface area (Å²) < 4.78 is 12.8. The minimum atomic E-state index is 0.170. The molecule has 12 aliphatic carbocycles. The quantitative estimate of drug-likeness (QED) is 0.320. The molecule has 0 spiro atoms. The molecule has 14 rings (SSSR count). The molecule has 13 aliphatic rings. The minimum Gasteiger partial charge on any atom is -0.488 e. The van der Waals surface area contributed by atoms with E-state index in [0.29, 0.717) is 22.3 Å². The fraction of sp³-hybridized carbons (Fsp3) is 0.850. The Labute approximate surface area is 254 Å². The van der Waals surface area contributed by atoms with Crippen molar-refractivity contribution in [3.63, 3.8) is 0 Å². The number of hydrogen-bond acceptors (Lipinski definition) is 2. The van der Waals surface area contributed by atoms with E-state index in [-0.39, 0.29) is 6.10 Å². The van der Waals surface area contributed by atoms with Gasteiger partial charge in [-0.25, -0.2) is 0 Å². The number of epoxide rings is 1. The summed E-state index contributed by atoms with van der Waals surface area (Å²) in [5.41, 5.74) is 7.11. The third-order valence-corrected chi connectivity index (χ3v) is 16.1. The van der Waals surface area contributed by atoms with Crippen LogP contribution in [0.1, 0.15) is 139 Å². The van der Waals surface area contributed by atoms with E-state index in [1.807, 2.05) is 16.7 Å². The Hall–Kier alpha value is -1.02. The fourth-order valence-electron chi connectivity index (χ4n) is 16.0. The first-order chi connectivity index (χ1) is 20.4. The molecule has 1 heterocycles. The molecule has 12 saturated carbocycles. The first-order valence-corrected chi connectivity index (χ1v) is 18.9.